The van der Waals surface area contributed by atoms with Crippen LogP contribution in [0, 0.1) is 0 Å². The van der Waals surface area contributed by atoms with Crippen LogP contribution in [0.25, 0.3) is 0 Å². The van der Waals surface area contributed by atoms with Crippen LogP contribution < -0.4 is 5.32 Å². The molecule has 0 saturated carbocycles. The SMILES string of the molecule is CCC(=O)N[C@H](CO)C(=O)O. The van der Waals surface area contributed by atoms with E-state index in [1.54, 1.807) is 6.92 Å². The van der Waals surface area contributed by atoms with Crippen LogP contribution in [0.5, 0.6) is 0 Å². The Morgan fingerprint density at radius 3 is 2.36 bits per heavy atom. The second-order valence-electron chi connectivity index (χ2n) is 1.99. The van der Waals surface area contributed by atoms with Crippen LogP contribution in [0.2, 0.25) is 0 Å². The molecular weight excluding hydrogens is 150 g/mol. The smallest absolute Gasteiger partial charge is 0.328 e. The van der Waals surface area contributed by atoms with E-state index in [0.29, 0.717) is 0 Å². The topological polar surface area (TPSA) is 86.6 Å². The molecule has 0 heterocycles. The van der Waals surface area contributed by atoms with Crippen LogP contribution in [-0.4, -0.2) is 34.7 Å². The highest BCUT2D eigenvalue weighted by Gasteiger charge is 2.16. The van der Waals surface area contributed by atoms with Gasteiger partial charge in [0.25, 0.3) is 0 Å². The minimum atomic E-state index is -1.23. The lowest BCUT2D eigenvalue weighted by Gasteiger charge is -2.09. The van der Waals surface area contributed by atoms with Crippen LogP contribution >= 0.6 is 0 Å². The minimum Gasteiger partial charge on any atom is -0.480 e. The number of hydrogen-bond acceptors (Lipinski definition) is 3. The number of hydrogen-bond donors (Lipinski definition) is 3. The third kappa shape index (κ3) is 3.57. The summed E-state index contributed by atoms with van der Waals surface area (Å²) < 4.78 is 0. The van der Waals surface area contributed by atoms with Crippen molar-refractivity contribution in [2.24, 2.45) is 0 Å². The predicted molar refractivity (Wildman–Crippen MR) is 36.9 cm³/mol. The van der Waals surface area contributed by atoms with Crippen molar-refractivity contribution in [3.05, 3.63) is 0 Å². The molecule has 5 nitrogen and oxygen atoms in total. The van der Waals surface area contributed by atoms with Crippen molar-refractivity contribution in [1.29, 1.82) is 0 Å². The maximum absolute atomic E-state index is 10.6. The zero-order chi connectivity index (χ0) is 8.85. The van der Waals surface area contributed by atoms with Crippen LogP contribution in [0.15, 0.2) is 0 Å². The van der Waals surface area contributed by atoms with Gasteiger partial charge in [-0.2, -0.15) is 0 Å². The Kier molecular flexibility index (Phi) is 4.21. The molecule has 0 aliphatic heterocycles. The highest BCUT2D eigenvalue weighted by Crippen LogP contribution is 1.84. The molecule has 0 radical (unpaired) electrons. The summed E-state index contributed by atoms with van der Waals surface area (Å²) in [6, 6.07) is -1.18. The van der Waals surface area contributed by atoms with Gasteiger partial charge in [0, 0.05) is 6.42 Å². The monoisotopic (exact) mass is 161 g/mol. The predicted octanol–water partition coefficient (Wildman–Crippen LogP) is -1.04. The average Bonchev–Trinajstić information content (AvgIpc) is 1.99. The molecule has 0 aromatic rings. The molecule has 64 valence electrons. The zero-order valence-electron chi connectivity index (χ0n) is 6.20. The van der Waals surface area contributed by atoms with Gasteiger partial charge in [-0.25, -0.2) is 4.79 Å². The van der Waals surface area contributed by atoms with E-state index in [4.69, 9.17) is 10.2 Å². The standard InChI is InChI=1S/C6H11NO4/c1-2-5(9)7-4(3-8)6(10)11/h4,8H,2-3H2,1H3,(H,7,9)(H,10,11)/t4-/m1/s1. The van der Waals surface area contributed by atoms with Gasteiger partial charge >= 0.3 is 5.97 Å². The lowest BCUT2D eigenvalue weighted by molar-refractivity contribution is -0.142. The maximum atomic E-state index is 10.6. The number of amides is 1. The third-order valence-corrected chi connectivity index (χ3v) is 1.14. The quantitative estimate of drug-likeness (QED) is 0.491. The minimum absolute atomic E-state index is 0.212. The van der Waals surface area contributed by atoms with Gasteiger partial charge in [0.1, 0.15) is 6.04 Å². The molecule has 1 atom stereocenters. The summed E-state index contributed by atoms with van der Waals surface area (Å²) in [6.45, 7) is 1.02. The van der Waals surface area contributed by atoms with E-state index in [1.807, 2.05) is 0 Å². The van der Waals surface area contributed by atoms with Gasteiger partial charge in [-0.3, -0.25) is 4.79 Å². The molecule has 0 rings (SSSR count). The summed E-state index contributed by atoms with van der Waals surface area (Å²) in [5.41, 5.74) is 0. The lowest BCUT2D eigenvalue weighted by Crippen LogP contribution is -2.42. The van der Waals surface area contributed by atoms with Gasteiger partial charge in [-0.05, 0) is 0 Å². The number of carbonyl (C=O) groups is 2. The summed E-state index contributed by atoms with van der Waals surface area (Å²) in [5.74, 6) is -1.61. The largest absolute Gasteiger partial charge is 0.480 e. The molecule has 5 heteroatoms. The highest BCUT2D eigenvalue weighted by molar-refractivity contribution is 5.83. The summed E-state index contributed by atoms with van der Waals surface area (Å²) in [5, 5.41) is 18.9. The number of carboxylic acids is 1. The molecule has 0 aliphatic carbocycles. The van der Waals surface area contributed by atoms with Crippen LogP contribution in [0.4, 0.5) is 0 Å². The van der Waals surface area contributed by atoms with Crippen LogP contribution in [-0.2, 0) is 9.59 Å². The fraction of sp³-hybridized carbons (Fsp3) is 0.667. The molecule has 0 aromatic heterocycles. The van der Waals surface area contributed by atoms with E-state index >= 15 is 0 Å². The first kappa shape index (κ1) is 9.90. The van der Waals surface area contributed by atoms with E-state index < -0.39 is 18.6 Å². The molecule has 0 spiro atoms. The number of rotatable bonds is 4. The number of nitrogens with one attached hydrogen (secondary N) is 1. The van der Waals surface area contributed by atoms with Gasteiger partial charge in [0.2, 0.25) is 5.91 Å². The summed E-state index contributed by atoms with van der Waals surface area (Å²) in [4.78, 5) is 20.8. The van der Waals surface area contributed by atoms with Crippen molar-refractivity contribution in [2.75, 3.05) is 6.61 Å². The van der Waals surface area contributed by atoms with E-state index in [0.717, 1.165) is 0 Å². The second-order valence-corrected chi connectivity index (χ2v) is 1.99. The van der Waals surface area contributed by atoms with Crippen molar-refractivity contribution in [2.45, 2.75) is 19.4 Å². The summed E-state index contributed by atoms with van der Waals surface area (Å²) >= 11 is 0. The second kappa shape index (κ2) is 4.68. The number of aliphatic hydroxyl groups excluding tert-OH is 1. The molecule has 11 heavy (non-hydrogen) atoms. The molecule has 0 aliphatic rings. The highest BCUT2D eigenvalue weighted by atomic mass is 16.4. The molecule has 1 amide bonds. The zero-order valence-corrected chi connectivity index (χ0v) is 6.20. The van der Waals surface area contributed by atoms with Crippen LogP contribution in [0.1, 0.15) is 13.3 Å². The Hall–Kier alpha value is -1.10. The van der Waals surface area contributed by atoms with Gasteiger partial charge in [0.15, 0.2) is 0 Å². The molecule has 0 aromatic carbocycles. The number of carboxylic acid groups (broad SMARTS) is 1. The molecular formula is C6H11NO4. The van der Waals surface area contributed by atoms with E-state index in [1.165, 1.54) is 0 Å². The van der Waals surface area contributed by atoms with E-state index in [9.17, 15) is 9.59 Å². The fourth-order valence-electron chi connectivity index (χ4n) is 0.482. The summed E-state index contributed by atoms with van der Waals surface area (Å²) in [6.07, 6.45) is 0.212. The normalized spacial score (nSPS) is 12.2. The van der Waals surface area contributed by atoms with Crippen molar-refractivity contribution < 1.29 is 19.8 Å². The van der Waals surface area contributed by atoms with Gasteiger partial charge < -0.3 is 15.5 Å². The van der Waals surface area contributed by atoms with E-state index in [-0.39, 0.29) is 12.3 Å². The molecule has 0 bridgehead atoms. The number of aliphatic carboxylic acids is 1. The fourth-order valence-corrected chi connectivity index (χ4v) is 0.482. The molecule has 0 unspecified atom stereocenters. The number of aliphatic hydroxyl groups is 1. The maximum Gasteiger partial charge on any atom is 0.328 e. The molecule has 0 saturated heterocycles. The summed E-state index contributed by atoms with van der Waals surface area (Å²) in [7, 11) is 0. The van der Waals surface area contributed by atoms with Crippen molar-refractivity contribution in [3.63, 3.8) is 0 Å². The van der Waals surface area contributed by atoms with Crippen molar-refractivity contribution in [3.8, 4) is 0 Å². The average molecular weight is 161 g/mol. The van der Waals surface area contributed by atoms with E-state index in [2.05, 4.69) is 5.32 Å². The van der Waals surface area contributed by atoms with Crippen molar-refractivity contribution in [1.82, 2.24) is 5.32 Å². The molecule has 0 fully saturated rings. The first-order valence-electron chi connectivity index (χ1n) is 3.24. The Balaban J connectivity index is 3.88. The Labute approximate surface area is 64.0 Å². The van der Waals surface area contributed by atoms with Gasteiger partial charge in [-0.15, -0.1) is 0 Å². The first-order valence-corrected chi connectivity index (χ1v) is 3.24. The molecule has 3 N–H and O–H groups in total. The first-order chi connectivity index (χ1) is 5.11. The lowest BCUT2D eigenvalue weighted by atomic mass is 10.3. The van der Waals surface area contributed by atoms with Crippen LogP contribution in [0.3, 0.4) is 0 Å². The third-order valence-electron chi connectivity index (χ3n) is 1.14. The van der Waals surface area contributed by atoms with Crippen molar-refractivity contribution >= 4 is 11.9 Å². The Morgan fingerprint density at radius 1 is 1.55 bits per heavy atom. The Bertz CT molecular complexity index is 157. The number of carbonyl (C=O) groups excluding carboxylic acids is 1. The van der Waals surface area contributed by atoms with Gasteiger partial charge in [0.05, 0.1) is 6.61 Å². The van der Waals surface area contributed by atoms with Gasteiger partial charge in [-0.1, -0.05) is 6.92 Å². The Morgan fingerprint density at radius 2 is 2.09 bits per heavy atom.